The first-order valence-electron chi connectivity index (χ1n) is 6.92. The van der Waals surface area contributed by atoms with Crippen molar-refractivity contribution in [1.29, 1.82) is 0 Å². The molecule has 1 aromatic rings. The number of benzene rings is 1. The third-order valence-electron chi connectivity index (χ3n) is 2.85. The van der Waals surface area contributed by atoms with Gasteiger partial charge in [-0.05, 0) is 45.4 Å². The van der Waals surface area contributed by atoms with Crippen molar-refractivity contribution in [3.63, 3.8) is 0 Å². The van der Waals surface area contributed by atoms with Crippen LogP contribution >= 0.6 is 0 Å². The molecule has 1 atom stereocenters. The molecule has 21 heavy (non-hydrogen) atoms. The minimum atomic E-state index is -0.102. The highest BCUT2D eigenvalue weighted by atomic mass is 16.2. The highest BCUT2D eigenvalue weighted by Crippen LogP contribution is 2.14. The van der Waals surface area contributed by atoms with Crippen molar-refractivity contribution in [3.05, 3.63) is 24.3 Å². The second-order valence-corrected chi connectivity index (χ2v) is 5.31. The van der Waals surface area contributed by atoms with Crippen LogP contribution in [0.4, 0.5) is 11.4 Å². The number of anilines is 2. The third kappa shape index (κ3) is 6.37. The van der Waals surface area contributed by atoms with Gasteiger partial charge in [0.15, 0.2) is 0 Å². The van der Waals surface area contributed by atoms with Gasteiger partial charge in [-0.15, -0.1) is 0 Å². The zero-order valence-corrected chi connectivity index (χ0v) is 13.1. The van der Waals surface area contributed by atoms with E-state index in [9.17, 15) is 9.59 Å². The molecular weight excluding hydrogens is 268 g/mol. The molecule has 2 amide bonds. The molecule has 0 aromatic heterocycles. The van der Waals surface area contributed by atoms with Crippen LogP contribution in [0.15, 0.2) is 24.3 Å². The first-order valence-corrected chi connectivity index (χ1v) is 6.92. The van der Waals surface area contributed by atoms with E-state index in [-0.39, 0.29) is 17.7 Å². The van der Waals surface area contributed by atoms with Gasteiger partial charge in [0.25, 0.3) is 0 Å². The van der Waals surface area contributed by atoms with Gasteiger partial charge < -0.3 is 20.9 Å². The number of carbonyl (C=O) groups is 2. The van der Waals surface area contributed by atoms with Crippen molar-refractivity contribution in [2.45, 2.75) is 6.92 Å². The third-order valence-corrected chi connectivity index (χ3v) is 2.85. The van der Waals surface area contributed by atoms with Crippen LogP contribution in [-0.4, -0.2) is 50.9 Å². The highest BCUT2D eigenvalue weighted by molar-refractivity contribution is 5.94. The molecule has 116 valence electrons. The molecule has 1 aromatic carbocycles. The Labute approximate surface area is 125 Å². The Hall–Kier alpha value is -1.92. The fourth-order valence-electron chi connectivity index (χ4n) is 1.79. The fourth-order valence-corrected chi connectivity index (χ4v) is 1.79. The maximum Gasteiger partial charge on any atom is 0.238 e. The Morgan fingerprint density at radius 2 is 1.62 bits per heavy atom. The van der Waals surface area contributed by atoms with Crippen LogP contribution in [-0.2, 0) is 9.59 Å². The largest absolute Gasteiger partial charge is 0.326 e. The number of amides is 2. The maximum absolute atomic E-state index is 11.9. The van der Waals surface area contributed by atoms with Crippen molar-refractivity contribution < 1.29 is 9.59 Å². The number of hydrogen-bond donors (Lipinski definition) is 3. The van der Waals surface area contributed by atoms with Crippen molar-refractivity contribution in [2.75, 3.05) is 44.9 Å². The first kappa shape index (κ1) is 17.1. The molecule has 6 nitrogen and oxygen atoms in total. The van der Waals surface area contributed by atoms with Crippen LogP contribution in [0.5, 0.6) is 0 Å². The minimum absolute atomic E-state index is 0.0336. The second kappa shape index (κ2) is 8.39. The molecule has 0 saturated carbocycles. The van der Waals surface area contributed by atoms with Crippen LogP contribution < -0.4 is 16.0 Å². The molecule has 0 saturated heterocycles. The van der Waals surface area contributed by atoms with Gasteiger partial charge in [-0.1, -0.05) is 6.92 Å². The lowest BCUT2D eigenvalue weighted by Crippen LogP contribution is -2.28. The molecule has 0 bridgehead atoms. The SMILES string of the molecule is CNCC(C)C(=O)Nc1ccc(NC(=O)CN(C)C)cc1. The summed E-state index contributed by atoms with van der Waals surface area (Å²) >= 11 is 0. The Balaban J connectivity index is 2.54. The molecular formula is C15H24N4O2. The summed E-state index contributed by atoms with van der Waals surface area (Å²) in [6.07, 6.45) is 0. The molecule has 0 radical (unpaired) electrons. The van der Waals surface area contributed by atoms with Gasteiger partial charge in [0.2, 0.25) is 11.8 Å². The maximum atomic E-state index is 11.9. The monoisotopic (exact) mass is 292 g/mol. The second-order valence-electron chi connectivity index (χ2n) is 5.31. The Kier molecular flexibility index (Phi) is 6.84. The summed E-state index contributed by atoms with van der Waals surface area (Å²) in [4.78, 5) is 25.3. The number of carbonyl (C=O) groups excluding carboxylic acids is 2. The predicted octanol–water partition coefficient (Wildman–Crippen LogP) is 0.981. The van der Waals surface area contributed by atoms with Crippen molar-refractivity contribution >= 4 is 23.2 Å². The smallest absolute Gasteiger partial charge is 0.238 e. The molecule has 0 fully saturated rings. The van der Waals surface area contributed by atoms with E-state index in [4.69, 9.17) is 0 Å². The van der Waals surface area contributed by atoms with E-state index in [0.29, 0.717) is 24.5 Å². The molecule has 1 rings (SSSR count). The number of nitrogens with one attached hydrogen (secondary N) is 3. The summed E-state index contributed by atoms with van der Waals surface area (Å²) in [6.45, 7) is 2.83. The minimum Gasteiger partial charge on any atom is -0.326 e. The molecule has 0 spiro atoms. The topological polar surface area (TPSA) is 73.5 Å². The van der Waals surface area contributed by atoms with Gasteiger partial charge in [0.05, 0.1) is 6.54 Å². The van der Waals surface area contributed by atoms with Crippen LogP contribution in [0.25, 0.3) is 0 Å². The number of nitrogens with zero attached hydrogens (tertiary/aromatic N) is 1. The molecule has 3 N–H and O–H groups in total. The zero-order valence-electron chi connectivity index (χ0n) is 13.1. The molecule has 0 aliphatic carbocycles. The molecule has 0 aliphatic heterocycles. The molecule has 1 unspecified atom stereocenters. The average molecular weight is 292 g/mol. The summed E-state index contributed by atoms with van der Waals surface area (Å²) in [7, 11) is 5.49. The van der Waals surface area contributed by atoms with Crippen LogP contribution in [0.1, 0.15) is 6.92 Å². The van der Waals surface area contributed by atoms with Crippen molar-refractivity contribution in [2.24, 2.45) is 5.92 Å². The zero-order chi connectivity index (χ0) is 15.8. The van der Waals surface area contributed by atoms with E-state index in [1.54, 1.807) is 29.2 Å². The normalized spacial score (nSPS) is 12.0. The first-order chi connectivity index (χ1) is 9.92. The summed E-state index contributed by atoms with van der Waals surface area (Å²) in [5.74, 6) is -0.206. The van der Waals surface area contributed by atoms with Gasteiger partial charge in [-0.25, -0.2) is 0 Å². The van der Waals surface area contributed by atoms with E-state index in [2.05, 4.69) is 16.0 Å². The standard InChI is InChI=1S/C15H24N4O2/c1-11(9-16-2)15(21)18-13-7-5-12(6-8-13)17-14(20)10-19(3)4/h5-8,11,16H,9-10H2,1-4H3,(H,17,20)(H,18,21). The lowest BCUT2D eigenvalue weighted by Gasteiger charge is -2.13. The summed E-state index contributed by atoms with van der Waals surface area (Å²) in [5.41, 5.74) is 1.43. The van der Waals surface area contributed by atoms with E-state index in [1.807, 2.05) is 28.1 Å². The van der Waals surface area contributed by atoms with Gasteiger partial charge in [-0.3, -0.25) is 9.59 Å². The van der Waals surface area contributed by atoms with Gasteiger partial charge >= 0.3 is 0 Å². The van der Waals surface area contributed by atoms with Crippen LogP contribution in [0.3, 0.4) is 0 Å². The summed E-state index contributed by atoms with van der Waals surface area (Å²) < 4.78 is 0. The van der Waals surface area contributed by atoms with E-state index in [1.165, 1.54) is 0 Å². The molecule has 0 aliphatic rings. The quantitative estimate of drug-likeness (QED) is 0.700. The van der Waals surface area contributed by atoms with E-state index < -0.39 is 0 Å². The van der Waals surface area contributed by atoms with Crippen molar-refractivity contribution in [3.8, 4) is 0 Å². The fraction of sp³-hybridized carbons (Fsp3) is 0.467. The highest BCUT2D eigenvalue weighted by Gasteiger charge is 2.11. The van der Waals surface area contributed by atoms with Crippen LogP contribution in [0.2, 0.25) is 0 Å². The Morgan fingerprint density at radius 1 is 1.10 bits per heavy atom. The number of hydrogen-bond acceptors (Lipinski definition) is 4. The predicted molar refractivity (Wildman–Crippen MR) is 85.3 cm³/mol. The number of likely N-dealkylation sites (N-methyl/N-ethyl adjacent to an activating group) is 1. The lowest BCUT2D eigenvalue weighted by atomic mass is 10.1. The van der Waals surface area contributed by atoms with Gasteiger partial charge in [0.1, 0.15) is 0 Å². The Morgan fingerprint density at radius 3 is 2.10 bits per heavy atom. The van der Waals surface area contributed by atoms with E-state index >= 15 is 0 Å². The summed E-state index contributed by atoms with van der Waals surface area (Å²) in [5, 5.41) is 8.60. The lowest BCUT2D eigenvalue weighted by molar-refractivity contribution is -0.119. The van der Waals surface area contributed by atoms with Crippen LogP contribution in [0, 0.1) is 5.92 Å². The van der Waals surface area contributed by atoms with Gasteiger partial charge in [-0.2, -0.15) is 0 Å². The Bertz CT molecular complexity index is 471. The molecule has 6 heteroatoms. The van der Waals surface area contributed by atoms with Gasteiger partial charge in [0, 0.05) is 23.8 Å². The average Bonchev–Trinajstić information content (AvgIpc) is 2.40. The van der Waals surface area contributed by atoms with E-state index in [0.717, 1.165) is 0 Å². The van der Waals surface area contributed by atoms with Crippen molar-refractivity contribution in [1.82, 2.24) is 10.2 Å². The number of rotatable bonds is 7. The molecule has 0 heterocycles. The summed E-state index contributed by atoms with van der Waals surface area (Å²) in [6, 6.07) is 7.09.